The highest BCUT2D eigenvalue weighted by Crippen LogP contribution is 2.32. The molecular formula is C22H23N3O6S2. The minimum atomic E-state index is -4.02. The van der Waals surface area contributed by atoms with Crippen molar-refractivity contribution in [2.75, 3.05) is 16.6 Å². The summed E-state index contributed by atoms with van der Waals surface area (Å²) in [6.45, 7) is 0.126. The van der Waals surface area contributed by atoms with Crippen LogP contribution in [0.1, 0.15) is 11.1 Å². The van der Waals surface area contributed by atoms with Crippen LogP contribution in [0.3, 0.4) is 0 Å². The van der Waals surface area contributed by atoms with Crippen LogP contribution in [-0.4, -0.2) is 39.3 Å². The molecule has 0 atom stereocenters. The van der Waals surface area contributed by atoms with Crippen LogP contribution < -0.4 is 13.7 Å². The summed E-state index contributed by atoms with van der Waals surface area (Å²) in [5.74, 6) is -0.931. The summed E-state index contributed by atoms with van der Waals surface area (Å²) in [5.41, 5.74) is 1.54. The molecule has 4 N–H and O–H groups in total. The first-order valence-corrected chi connectivity index (χ1v) is 13.2. The van der Waals surface area contributed by atoms with E-state index in [4.69, 9.17) is 0 Å². The van der Waals surface area contributed by atoms with Gasteiger partial charge in [-0.2, -0.15) is 8.42 Å². The molecule has 33 heavy (non-hydrogen) atoms. The molecule has 1 aliphatic heterocycles. The molecule has 0 aliphatic carbocycles. The Bertz CT molecular complexity index is 1430. The zero-order valence-electron chi connectivity index (χ0n) is 17.5. The zero-order chi connectivity index (χ0) is 23.6. The number of aromatic hydroxyl groups is 1. The van der Waals surface area contributed by atoms with Crippen LogP contribution in [0.15, 0.2) is 72.7 Å². The molecule has 0 saturated heterocycles. The molecule has 3 aromatic carbocycles. The van der Waals surface area contributed by atoms with Crippen LogP contribution in [0.2, 0.25) is 0 Å². The van der Waals surface area contributed by atoms with E-state index in [9.17, 15) is 27.0 Å². The first kappa shape index (κ1) is 22.9. The maximum atomic E-state index is 12.5. The minimum absolute atomic E-state index is 0.0361. The van der Waals surface area contributed by atoms with Crippen LogP contribution in [0.25, 0.3) is 10.8 Å². The van der Waals surface area contributed by atoms with Gasteiger partial charge >= 0.3 is 10.2 Å². The lowest BCUT2D eigenvalue weighted by molar-refractivity contribution is 0.392. The van der Waals surface area contributed by atoms with E-state index in [1.165, 1.54) is 12.1 Å². The molecule has 0 amide bonds. The molecule has 3 aromatic rings. The number of aliphatic hydroxyl groups is 1. The number of benzene rings is 3. The van der Waals surface area contributed by atoms with Gasteiger partial charge in [0.25, 0.3) is 0 Å². The molecule has 0 radical (unpaired) electrons. The third-order valence-corrected chi connectivity index (χ3v) is 7.94. The highest BCUT2D eigenvalue weighted by Gasteiger charge is 2.30. The number of phenolic OH excluding ortho intramolecular Hbond substituents is 1. The molecule has 0 saturated carbocycles. The average molecular weight is 490 g/mol. The van der Waals surface area contributed by atoms with Crippen molar-refractivity contribution in [1.82, 2.24) is 9.44 Å². The highest BCUT2D eigenvalue weighted by atomic mass is 32.2. The predicted molar refractivity (Wildman–Crippen MR) is 126 cm³/mol. The maximum Gasteiger partial charge on any atom is 0.330 e. The Labute approximate surface area is 192 Å². The van der Waals surface area contributed by atoms with Gasteiger partial charge < -0.3 is 10.2 Å². The largest absolute Gasteiger partial charge is 0.506 e. The Kier molecular flexibility index (Phi) is 6.19. The van der Waals surface area contributed by atoms with Gasteiger partial charge in [-0.25, -0.2) is 22.2 Å². The maximum absolute atomic E-state index is 12.5. The van der Waals surface area contributed by atoms with Crippen LogP contribution in [-0.2, 0) is 33.1 Å². The lowest BCUT2D eigenvalue weighted by Gasteiger charge is -2.16. The third kappa shape index (κ3) is 5.21. The monoisotopic (exact) mass is 489 g/mol. The SMILES string of the molecule is O=S(=O)(CCc1cccc2ccccc12)NCCc1ccc(N2C=C(O)NS2(=O)=O)c(O)c1. The molecule has 0 unspecified atom stereocenters. The second-order valence-corrected chi connectivity index (χ2v) is 11.1. The Morgan fingerprint density at radius 2 is 1.73 bits per heavy atom. The van der Waals surface area contributed by atoms with E-state index in [0.717, 1.165) is 26.8 Å². The Morgan fingerprint density at radius 3 is 2.45 bits per heavy atom. The van der Waals surface area contributed by atoms with E-state index in [2.05, 4.69) is 4.72 Å². The molecule has 11 heteroatoms. The molecule has 4 rings (SSSR count). The van der Waals surface area contributed by atoms with Gasteiger partial charge in [-0.1, -0.05) is 48.5 Å². The molecule has 174 valence electrons. The van der Waals surface area contributed by atoms with Crippen molar-refractivity contribution >= 4 is 36.7 Å². The van der Waals surface area contributed by atoms with E-state index < -0.39 is 26.1 Å². The van der Waals surface area contributed by atoms with Crippen molar-refractivity contribution in [3.05, 3.63) is 83.9 Å². The van der Waals surface area contributed by atoms with Crippen molar-refractivity contribution in [2.45, 2.75) is 12.8 Å². The number of hydrogen-bond acceptors (Lipinski definition) is 6. The third-order valence-electron chi connectivity index (χ3n) is 5.27. The summed E-state index contributed by atoms with van der Waals surface area (Å²) in [6, 6.07) is 18.0. The number of rotatable bonds is 8. The Hall–Kier alpha value is -3.28. The number of hydrogen-bond donors (Lipinski definition) is 4. The normalized spacial score (nSPS) is 15.4. The van der Waals surface area contributed by atoms with Gasteiger partial charge in [-0.15, -0.1) is 0 Å². The number of aryl methyl sites for hydroxylation is 1. The Balaban J connectivity index is 1.35. The van der Waals surface area contributed by atoms with Crippen LogP contribution >= 0.6 is 0 Å². The predicted octanol–water partition coefficient (Wildman–Crippen LogP) is 2.26. The lowest BCUT2D eigenvalue weighted by Crippen LogP contribution is -2.30. The summed E-state index contributed by atoms with van der Waals surface area (Å²) >= 11 is 0. The first-order chi connectivity index (χ1) is 15.6. The van der Waals surface area contributed by atoms with Gasteiger partial charge in [-0.05, 0) is 46.9 Å². The fourth-order valence-corrected chi connectivity index (χ4v) is 5.79. The zero-order valence-corrected chi connectivity index (χ0v) is 19.1. The summed E-state index contributed by atoms with van der Waals surface area (Å²) in [4.78, 5) is 0. The number of nitrogens with zero attached hydrogens (tertiary/aromatic N) is 1. The topological polar surface area (TPSA) is 136 Å². The van der Waals surface area contributed by atoms with E-state index in [0.29, 0.717) is 18.4 Å². The second kappa shape index (κ2) is 8.93. The summed E-state index contributed by atoms with van der Waals surface area (Å²) in [7, 11) is -7.53. The highest BCUT2D eigenvalue weighted by molar-refractivity contribution is 7.91. The van der Waals surface area contributed by atoms with Crippen molar-refractivity contribution in [1.29, 1.82) is 0 Å². The first-order valence-electron chi connectivity index (χ1n) is 10.1. The van der Waals surface area contributed by atoms with Gasteiger partial charge in [0.15, 0.2) is 0 Å². The summed E-state index contributed by atoms with van der Waals surface area (Å²) in [6.07, 6.45) is 1.62. The molecule has 0 aromatic heterocycles. The Morgan fingerprint density at radius 1 is 0.970 bits per heavy atom. The minimum Gasteiger partial charge on any atom is -0.506 e. The van der Waals surface area contributed by atoms with Gasteiger partial charge in [0.05, 0.1) is 12.0 Å². The number of nitrogens with one attached hydrogen (secondary N) is 2. The fraction of sp³-hybridized carbons (Fsp3) is 0.182. The number of aliphatic hydroxyl groups excluding tert-OH is 1. The van der Waals surface area contributed by atoms with E-state index in [1.807, 2.05) is 47.2 Å². The molecule has 1 aliphatic rings. The van der Waals surface area contributed by atoms with Crippen LogP contribution in [0, 0.1) is 0 Å². The number of fused-ring (bicyclic) bond motifs is 1. The van der Waals surface area contributed by atoms with Crippen molar-refractivity contribution < 1.29 is 27.0 Å². The molecule has 0 fully saturated rings. The number of sulfonamides is 1. The lowest BCUT2D eigenvalue weighted by atomic mass is 10.0. The van der Waals surface area contributed by atoms with Gasteiger partial charge in [0, 0.05) is 6.54 Å². The molecule has 9 nitrogen and oxygen atoms in total. The van der Waals surface area contributed by atoms with Gasteiger partial charge in [0.1, 0.15) is 11.4 Å². The number of phenols is 1. The van der Waals surface area contributed by atoms with Gasteiger partial charge in [0.2, 0.25) is 15.9 Å². The quantitative estimate of drug-likeness (QED) is 0.383. The number of anilines is 1. The van der Waals surface area contributed by atoms with E-state index >= 15 is 0 Å². The van der Waals surface area contributed by atoms with Gasteiger partial charge in [-0.3, -0.25) is 0 Å². The smallest absolute Gasteiger partial charge is 0.330 e. The van der Waals surface area contributed by atoms with Crippen molar-refractivity contribution in [3.8, 4) is 5.75 Å². The van der Waals surface area contributed by atoms with Crippen LogP contribution in [0.4, 0.5) is 5.69 Å². The fourth-order valence-electron chi connectivity index (χ4n) is 3.68. The van der Waals surface area contributed by atoms with Crippen LogP contribution in [0.5, 0.6) is 5.75 Å². The second-order valence-electron chi connectivity index (χ2n) is 7.59. The summed E-state index contributed by atoms with van der Waals surface area (Å²) in [5, 5.41) is 21.7. The molecule has 1 heterocycles. The van der Waals surface area contributed by atoms with Crippen molar-refractivity contribution in [2.24, 2.45) is 0 Å². The van der Waals surface area contributed by atoms with E-state index in [1.54, 1.807) is 6.07 Å². The van der Waals surface area contributed by atoms with Crippen molar-refractivity contribution in [3.63, 3.8) is 0 Å². The molecular weight excluding hydrogens is 466 g/mol. The van der Waals surface area contributed by atoms with E-state index in [-0.39, 0.29) is 23.7 Å². The average Bonchev–Trinajstić information content (AvgIpc) is 3.04. The molecule has 0 spiro atoms. The summed E-state index contributed by atoms with van der Waals surface area (Å²) < 4.78 is 54.0. The standard InChI is InChI=1S/C22H23N3O6S2/c26-21-14-16(8-9-20(21)25-15-22(27)24-33(25,30)31)10-12-23-32(28,29)13-11-18-6-3-5-17-4-1-2-7-19(17)18/h1-9,14-15,23-24,26-27H,10-13H2. The molecule has 0 bridgehead atoms.